The number of halogens is 1. The number of carbonyl (C=O) groups is 2. The van der Waals surface area contributed by atoms with E-state index in [1.165, 1.54) is 12.1 Å². The fourth-order valence-corrected chi connectivity index (χ4v) is 2.59. The van der Waals surface area contributed by atoms with Gasteiger partial charge in [0.1, 0.15) is 11.9 Å². The first-order chi connectivity index (χ1) is 12.4. The number of piperazine rings is 1. The van der Waals surface area contributed by atoms with Gasteiger partial charge in [0.2, 0.25) is 5.91 Å². The molecule has 2 aromatic rings. The van der Waals surface area contributed by atoms with Gasteiger partial charge >= 0.3 is 5.97 Å². The van der Waals surface area contributed by atoms with Crippen molar-refractivity contribution in [3.63, 3.8) is 0 Å². The number of nitrogens with one attached hydrogen (secondary N) is 2. The quantitative estimate of drug-likeness (QED) is 0.668. The first-order valence-corrected chi connectivity index (χ1v) is 8.13. The molecule has 4 N–H and O–H groups in total. The molecule has 0 saturated carbocycles. The van der Waals surface area contributed by atoms with Crippen molar-refractivity contribution in [3.05, 3.63) is 71.0 Å². The Hall–Kier alpha value is -2.77. The number of aryl methyl sites for hydroxylation is 1. The van der Waals surface area contributed by atoms with Crippen molar-refractivity contribution in [1.82, 2.24) is 10.6 Å². The number of carbonyl (C=O) groups excluding carboxylic acids is 1. The Morgan fingerprint density at radius 3 is 2.46 bits per heavy atom. The number of amides is 1. The van der Waals surface area contributed by atoms with E-state index in [1.54, 1.807) is 36.4 Å². The molecule has 7 heteroatoms. The molecule has 1 heterocycles. The number of rotatable bonds is 3. The van der Waals surface area contributed by atoms with Crippen LogP contribution in [0.25, 0.3) is 0 Å². The largest absolute Gasteiger partial charge is 0.479 e. The molecule has 26 heavy (non-hydrogen) atoms. The summed E-state index contributed by atoms with van der Waals surface area (Å²) in [5, 5.41) is 23.3. The van der Waals surface area contributed by atoms with E-state index < -0.39 is 12.1 Å². The molecular formula is C19H21FN2O4. The maximum atomic E-state index is 12.9. The van der Waals surface area contributed by atoms with Crippen molar-refractivity contribution in [2.75, 3.05) is 13.1 Å². The molecule has 1 saturated heterocycles. The van der Waals surface area contributed by atoms with Gasteiger partial charge in [-0.2, -0.15) is 0 Å². The van der Waals surface area contributed by atoms with Crippen LogP contribution < -0.4 is 10.6 Å². The summed E-state index contributed by atoms with van der Waals surface area (Å²) in [5.41, 5.74) is 2.04. The van der Waals surface area contributed by atoms with Crippen LogP contribution in [0.2, 0.25) is 0 Å². The number of benzene rings is 2. The topological polar surface area (TPSA) is 98.7 Å². The monoisotopic (exact) mass is 360 g/mol. The van der Waals surface area contributed by atoms with Gasteiger partial charge in [-0.25, -0.2) is 9.18 Å². The molecule has 0 bridgehead atoms. The molecule has 0 aliphatic carbocycles. The van der Waals surface area contributed by atoms with Crippen molar-refractivity contribution in [1.29, 1.82) is 0 Å². The van der Waals surface area contributed by atoms with E-state index in [-0.39, 0.29) is 17.8 Å². The van der Waals surface area contributed by atoms with Crippen molar-refractivity contribution in [3.8, 4) is 0 Å². The first kappa shape index (κ1) is 19.6. The van der Waals surface area contributed by atoms with Crippen LogP contribution in [-0.4, -0.2) is 35.2 Å². The van der Waals surface area contributed by atoms with Crippen LogP contribution in [0, 0.1) is 12.7 Å². The second-order valence-electron chi connectivity index (χ2n) is 5.83. The Morgan fingerprint density at radius 2 is 1.88 bits per heavy atom. The number of aliphatic hydroxyl groups excluding tert-OH is 1. The van der Waals surface area contributed by atoms with E-state index in [0.717, 1.165) is 17.7 Å². The van der Waals surface area contributed by atoms with Gasteiger partial charge in [0.15, 0.2) is 6.10 Å². The molecule has 6 nitrogen and oxygen atoms in total. The maximum Gasteiger partial charge on any atom is 0.337 e. The van der Waals surface area contributed by atoms with Crippen molar-refractivity contribution < 1.29 is 24.2 Å². The number of aliphatic hydroxyl groups is 1. The number of hydrogen-bond donors (Lipinski definition) is 4. The second-order valence-corrected chi connectivity index (χ2v) is 5.83. The number of hydrogen-bond acceptors (Lipinski definition) is 4. The zero-order valence-corrected chi connectivity index (χ0v) is 14.3. The molecule has 1 aliphatic rings. The zero-order valence-electron chi connectivity index (χ0n) is 14.3. The summed E-state index contributed by atoms with van der Waals surface area (Å²) < 4.78 is 12.9. The number of carboxylic acids is 1. The second kappa shape index (κ2) is 9.07. The van der Waals surface area contributed by atoms with Crippen molar-refractivity contribution >= 4 is 11.9 Å². The van der Waals surface area contributed by atoms with Crippen LogP contribution in [-0.2, 0) is 9.59 Å². The lowest BCUT2D eigenvalue weighted by Gasteiger charge is -2.24. The van der Waals surface area contributed by atoms with Crippen LogP contribution in [0.15, 0.2) is 48.5 Å². The Kier molecular flexibility index (Phi) is 6.82. The standard InChI is InChI=1S/C11H13FN2O.C8H8O3/c1-7-6-8(12)2-3-9(7)10-11(15)14-5-4-13-10;9-7(8(10)11)6-4-2-1-3-5-6/h2-3,6,10,13H,4-5H2,1H3,(H,14,15);1-5,7,9H,(H,10,11)/t10-;7-/m00/s1. The van der Waals surface area contributed by atoms with E-state index in [9.17, 15) is 14.0 Å². The zero-order chi connectivity index (χ0) is 19.1. The van der Waals surface area contributed by atoms with Gasteiger partial charge in [0, 0.05) is 13.1 Å². The third-order valence-electron chi connectivity index (χ3n) is 3.93. The summed E-state index contributed by atoms with van der Waals surface area (Å²) >= 11 is 0. The lowest BCUT2D eigenvalue weighted by atomic mass is 9.99. The van der Waals surface area contributed by atoms with Crippen LogP contribution in [0.5, 0.6) is 0 Å². The maximum absolute atomic E-state index is 12.9. The van der Waals surface area contributed by atoms with Gasteiger partial charge in [-0.05, 0) is 35.7 Å². The van der Waals surface area contributed by atoms with Gasteiger partial charge in [-0.15, -0.1) is 0 Å². The minimum Gasteiger partial charge on any atom is -0.479 e. The summed E-state index contributed by atoms with van der Waals surface area (Å²) in [5.74, 6) is -1.54. The van der Waals surface area contributed by atoms with E-state index in [1.807, 2.05) is 6.92 Å². The smallest absolute Gasteiger partial charge is 0.337 e. The molecule has 0 aromatic heterocycles. The molecule has 2 atom stereocenters. The molecule has 0 spiro atoms. The van der Waals surface area contributed by atoms with E-state index >= 15 is 0 Å². The van der Waals surface area contributed by atoms with Crippen molar-refractivity contribution in [2.24, 2.45) is 0 Å². The number of aliphatic carboxylic acids is 1. The Labute approximate surface area is 150 Å². The lowest BCUT2D eigenvalue weighted by molar-refractivity contribution is -0.147. The van der Waals surface area contributed by atoms with Crippen LogP contribution in [0.1, 0.15) is 28.8 Å². The summed E-state index contributed by atoms with van der Waals surface area (Å²) in [6, 6.07) is 12.4. The minimum atomic E-state index is -1.41. The third-order valence-corrected chi connectivity index (χ3v) is 3.93. The van der Waals surface area contributed by atoms with Gasteiger partial charge in [0.05, 0.1) is 0 Å². The average molecular weight is 360 g/mol. The van der Waals surface area contributed by atoms with Crippen molar-refractivity contribution in [2.45, 2.75) is 19.1 Å². The normalized spacial score (nSPS) is 17.5. The van der Waals surface area contributed by atoms with E-state index in [0.29, 0.717) is 12.1 Å². The molecule has 3 rings (SSSR count). The fourth-order valence-electron chi connectivity index (χ4n) is 2.59. The molecule has 0 radical (unpaired) electrons. The van der Waals surface area contributed by atoms with Gasteiger partial charge in [-0.3, -0.25) is 4.79 Å². The first-order valence-electron chi connectivity index (χ1n) is 8.13. The third kappa shape index (κ3) is 5.11. The fraction of sp³-hybridized carbons (Fsp3) is 0.263. The van der Waals surface area contributed by atoms with Crippen LogP contribution in [0.4, 0.5) is 4.39 Å². The SMILES string of the molecule is Cc1cc(F)ccc1[C@@H]1NCCNC1=O.O=C(O)[C@@H](O)c1ccccc1. The molecule has 1 fully saturated rings. The molecule has 2 aromatic carbocycles. The molecule has 138 valence electrons. The van der Waals surface area contributed by atoms with Gasteiger partial charge in [-0.1, -0.05) is 36.4 Å². The summed E-state index contributed by atoms with van der Waals surface area (Å²) in [6.07, 6.45) is -1.41. The van der Waals surface area contributed by atoms with Crippen LogP contribution in [0.3, 0.4) is 0 Å². The highest BCUT2D eigenvalue weighted by Crippen LogP contribution is 2.19. The highest BCUT2D eigenvalue weighted by molar-refractivity contribution is 5.84. The van der Waals surface area contributed by atoms with Gasteiger partial charge in [0.25, 0.3) is 0 Å². The molecular weight excluding hydrogens is 339 g/mol. The summed E-state index contributed by atoms with van der Waals surface area (Å²) in [7, 11) is 0. The minimum absolute atomic E-state index is 0.0454. The Balaban J connectivity index is 0.000000197. The van der Waals surface area contributed by atoms with E-state index in [4.69, 9.17) is 10.2 Å². The molecule has 1 amide bonds. The summed E-state index contributed by atoms with van der Waals surface area (Å²) in [4.78, 5) is 21.8. The average Bonchev–Trinajstić information content (AvgIpc) is 2.63. The highest BCUT2D eigenvalue weighted by Gasteiger charge is 2.24. The highest BCUT2D eigenvalue weighted by atomic mass is 19.1. The predicted octanol–water partition coefficient (Wildman–Crippen LogP) is 1.70. The lowest BCUT2D eigenvalue weighted by Crippen LogP contribution is -2.47. The van der Waals surface area contributed by atoms with Crippen LogP contribution >= 0.6 is 0 Å². The predicted molar refractivity (Wildman–Crippen MR) is 93.9 cm³/mol. The van der Waals surface area contributed by atoms with E-state index in [2.05, 4.69) is 10.6 Å². The molecule has 1 aliphatic heterocycles. The van der Waals surface area contributed by atoms with Gasteiger partial charge < -0.3 is 20.8 Å². The summed E-state index contributed by atoms with van der Waals surface area (Å²) in [6.45, 7) is 3.20. The molecule has 0 unspecified atom stereocenters. The number of carboxylic acid groups (broad SMARTS) is 1. The Morgan fingerprint density at radius 1 is 1.19 bits per heavy atom. The Bertz CT molecular complexity index is 767.